The van der Waals surface area contributed by atoms with Crippen molar-refractivity contribution < 1.29 is 30.0 Å². The summed E-state index contributed by atoms with van der Waals surface area (Å²) in [4.78, 5) is 11.4. The van der Waals surface area contributed by atoms with Crippen molar-refractivity contribution in [2.75, 3.05) is 13.2 Å². The van der Waals surface area contributed by atoms with Gasteiger partial charge in [0.15, 0.2) is 0 Å². The van der Waals surface area contributed by atoms with E-state index < -0.39 is 30.9 Å². The number of esters is 1. The van der Waals surface area contributed by atoms with Crippen LogP contribution in [-0.4, -0.2) is 57.9 Å². The third-order valence-electron chi connectivity index (χ3n) is 3.13. The van der Waals surface area contributed by atoms with E-state index in [2.05, 4.69) is 6.92 Å². The Balaban J connectivity index is 3.62. The quantitative estimate of drug-likeness (QED) is 0.305. The number of ether oxygens (including phenoxy) is 1. The molecule has 6 nitrogen and oxygen atoms in total. The average Bonchev–Trinajstić information content (AvgIpc) is 2.46. The van der Waals surface area contributed by atoms with Crippen LogP contribution < -0.4 is 0 Å². The summed E-state index contributed by atoms with van der Waals surface area (Å²) in [5.74, 6) is -0.426. The normalized spacial score (nSPS) is 15.7. The molecule has 0 heterocycles. The first-order valence-electron chi connectivity index (χ1n) is 7.33. The first-order valence-corrected chi connectivity index (χ1v) is 7.33. The number of carbonyl (C=O) groups is 1. The van der Waals surface area contributed by atoms with Gasteiger partial charge < -0.3 is 25.2 Å². The number of aliphatic hydroxyl groups excluding tert-OH is 4. The van der Waals surface area contributed by atoms with E-state index in [1.54, 1.807) is 0 Å². The van der Waals surface area contributed by atoms with E-state index in [-0.39, 0.29) is 13.0 Å². The Hall–Kier alpha value is -0.690. The van der Waals surface area contributed by atoms with Gasteiger partial charge in [-0.3, -0.25) is 4.79 Å². The van der Waals surface area contributed by atoms with Crippen molar-refractivity contribution in [3.05, 3.63) is 0 Å². The molecular formula is C14H28O6. The molecule has 4 N–H and O–H groups in total. The fourth-order valence-corrected chi connectivity index (χ4v) is 1.76. The number of unbranched alkanes of at least 4 members (excludes halogenated alkanes) is 5. The lowest BCUT2D eigenvalue weighted by molar-refractivity contribution is -0.152. The summed E-state index contributed by atoms with van der Waals surface area (Å²) in [5.41, 5.74) is 0. The molecular weight excluding hydrogens is 264 g/mol. The van der Waals surface area contributed by atoms with Crippen LogP contribution in [0.1, 0.15) is 51.9 Å². The summed E-state index contributed by atoms with van der Waals surface area (Å²) in [6, 6.07) is 0. The van der Waals surface area contributed by atoms with Crippen molar-refractivity contribution in [3.8, 4) is 0 Å². The highest BCUT2D eigenvalue weighted by Gasteiger charge is 2.25. The van der Waals surface area contributed by atoms with E-state index in [0.29, 0.717) is 0 Å². The molecule has 6 heteroatoms. The van der Waals surface area contributed by atoms with Crippen LogP contribution in [0, 0.1) is 0 Å². The summed E-state index contributed by atoms with van der Waals surface area (Å²) in [7, 11) is 0. The lowest BCUT2D eigenvalue weighted by Gasteiger charge is -2.21. The van der Waals surface area contributed by atoms with Gasteiger partial charge in [-0.15, -0.1) is 0 Å². The van der Waals surface area contributed by atoms with Gasteiger partial charge in [-0.25, -0.2) is 0 Å². The Morgan fingerprint density at radius 2 is 1.60 bits per heavy atom. The Morgan fingerprint density at radius 1 is 1.00 bits per heavy atom. The average molecular weight is 292 g/mol. The van der Waals surface area contributed by atoms with Gasteiger partial charge in [-0.05, 0) is 6.42 Å². The van der Waals surface area contributed by atoms with Crippen molar-refractivity contribution in [2.45, 2.75) is 70.2 Å². The minimum atomic E-state index is -1.53. The third-order valence-corrected chi connectivity index (χ3v) is 3.13. The van der Waals surface area contributed by atoms with Crippen molar-refractivity contribution in [1.29, 1.82) is 0 Å². The van der Waals surface area contributed by atoms with Gasteiger partial charge in [0.2, 0.25) is 0 Å². The van der Waals surface area contributed by atoms with E-state index in [1.165, 1.54) is 19.3 Å². The molecule has 0 radical (unpaired) electrons. The van der Waals surface area contributed by atoms with Crippen LogP contribution in [0.3, 0.4) is 0 Å². The number of rotatable bonds is 12. The molecule has 120 valence electrons. The minimum absolute atomic E-state index is 0.289. The molecule has 0 spiro atoms. The van der Waals surface area contributed by atoms with Gasteiger partial charge in [0.1, 0.15) is 24.9 Å². The molecule has 20 heavy (non-hydrogen) atoms. The molecule has 0 amide bonds. The van der Waals surface area contributed by atoms with Crippen LogP contribution in [0.4, 0.5) is 0 Å². The molecule has 0 aromatic heterocycles. The highest BCUT2D eigenvalue weighted by molar-refractivity contribution is 5.69. The fraction of sp³-hybridized carbons (Fsp3) is 0.929. The summed E-state index contributed by atoms with van der Waals surface area (Å²) in [6.45, 7) is 1.10. The van der Waals surface area contributed by atoms with E-state index in [4.69, 9.17) is 14.9 Å². The van der Waals surface area contributed by atoms with Gasteiger partial charge in [0.25, 0.3) is 0 Å². The maximum absolute atomic E-state index is 11.4. The zero-order chi connectivity index (χ0) is 15.4. The molecule has 0 aliphatic carbocycles. The van der Waals surface area contributed by atoms with Crippen LogP contribution in [0.25, 0.3) is 0 Å². The van der Waals surface area contributed by atoms with Gasteiger partial charge in [0.05, 0.1) is 6.61 Å². The highest BCUT2D eigenvalue weighted by atomic mass is 16.5. The molecule has 0 aliphatic rings. The summed E-state index contributed by atoms with van der Waals surface area (Å²) in [5, 5.41) is 36.5. The zero-order valence-electron chi connectivity index (χ0n) is 12.2. The molecule has 0 bridgehead atoms. The number of hydrogen-bond donors (Lipinski definition) is 4. The SMILES string of the molecule is CCCCCCCCC(=O)OC[C@@H](O)[C@H](O)[C@@H](O)CO. The Labute approximate surface area is 120 Å². The molecule has 0 saturated heterocycles. The molecule has 0 unspecified atom stereocenters. The second-order valence-corrected chi connectivity index (χ2v) is 5.01. The molecule has 0 rings (SSSR count). The summed E-state index contributed by atoms with van der Waals surface area (Å²) < 4.78 is 4.81. The van der Waals surface area contributed by atoms with Crippen LogP contribution in [0.2, 0.25) is 0 Å². The number of carbonyl (C=O) groups excluding carboxylic acids is 1. The van der Waals surface area contributed by atoms with Crippen LogP contribution in [0.5, 0.6) is 0 Å². The van der Waals surface area contributed by atoms with Crippen molar-refractivity contribution in [2.24, 2.45) is 0 Å². The Morgan fingerprint density at radius 3 is 2.20 bits per heavy atom. The minimum Gasteiger partial charge on any atom is -0.463 e. The van der Waals surface area contributed by atoms with E-state index in [1.807, 2.05) is 0 Å². The monoisotopic (exact) mass is 292 g/mol. The second kappa shape index (κ2) is 12.1. The first kappa shape index (κ1) is 19.3. The molecule has 0 saturated carbocycles. The van der Waals surface area contributed by atoms with Gasteiger partial charge in [0, 0.05) is 6.42 Å². The van der Waals surface area contributed by atoms with E-state index in [0.717, 1.165) is 19.3 Å². The van der Waals surface area contributed by atoms with E-state index >= 15 is 0 Å². The molecule has 0 aromatic carbocycles. The van der Waals surface area contributed by atoms with Crippen LogP contribution >= 0.6 is 0 Å². The van der Waals surface area contributed by atoms with Gasteiger partial charge in [-0.2, -0.15) is 0 Å². The predicted octanol–water partition coefficient (Wildman–Crippen LogP) is 0.355. The number of hydrogen-bond acceptors (Lipinski definition) is 6. The zero-order valence-corrected chi connectivity index (χ0v) is 12.2. The summed E-state index contributed by atoms with van der Waals surface area (Å²) >= 11 is 0. The van der Waals surface area contributed by atoms with Crippen molar-refractivity contribution in [1.82, 2.24) is 0 Å². The standard InChI is InChI=1S/C14H28O6/c1-2-3-4-5-6-7-8-13(18)20-10-12(17)14(19)11(16)9-15/h11-12,14-17,19H,2-10H2,1H3/t11-,12+,14+/m0/s1. The smallest absolute Gasteiger partial charge is 0.305 e. The van der Waals surface area contributed by atoms with Gasteiger partial charge >= 0.3 is 5.97 Å². The molecule has 0 aromatic rings. The maximum atomic E-state index is 11.4. The Kier molecular flexibility index (Phi) is 11.7. The Bertz CT molecular complexity index is 246. The van der Waals surface area contributed by atoms with Gasteiger partial charge in [-0.1, -0.05) is 39.0 Å². The predicted molar refractivity (Wildman–Crippen MR) is 74.1 cm³/mol. The topological polar surface area (TPSA) is 107 Å². The van der Waals surface area contributed by atoms with Crippen LogP contribution in [0.15, 0.2) is 0 Å². The highest BCUT2D eigenvalue weighted by Crippen LogP contribution is 2.08. The lowest BCUT2D eigenvalue weighted by atomic mass is 10.1. The van der Waals surface area contributed by atoms with E-state index in [9.17, 15) is 15.0 Å². The number of aliphatic hydroxyl groups is 4. The maximum Gasteiger partial charge on any atom is 0.305 e. The fourth-order valence-electron chi connectivity index (χ4n) is 1.76. The van der Waals surface area contributed by atoms with Crippen molar-refractivity contribution >= 4 is 5.97 Å². The van der Waals surface area contributed by atoms with Crippen LogP contribution in [-0.2, 0) is 9.53 Å². The second-order valence-electron chi connectivity index (χ2n) is 5.01. The molecule has 0 fully saturated rings. The first-order chi connectivity index (χ1) is 9.52. The van der Waals surface area contributed by atoms with Crippen molar-refractivity contribution in [3.63, 3.8) is 0 Å². The largest absolute Gasteiger partial charge is 0.463 e. The molecule has 0 aliphatic heterocycles. The summed E-state index contributed by atoms with van der Waals surface area (Å²) in [6.07, 6.45) is 2.32. The third kappa shape index (κ3) is 9.25. The lowest BCUT2D eigenvalue weighted by Crippen LogP contribution is -2.42. The molecule has 3 atom stereocenters.